The normalized spacial score (nSPS) is 10.1. The van der Waals surface area contributed by atoms with Crippen molar-refractivity contribution < 1.29 is 0 Å². The number of benzene rings is 1. The Morgan fingerprint density at radius 3 is 3.06 bits per heavy atom. The zero-order valence-electron chi connectivity index (χ0n) is 9.50. The average molecular weight is 226 g/mol. The Balaban J connectivity index is 2.11. The predicted molar refractivity (Wildman–Crippen MR) is 65.2 cm³/mol. The molecule has 0 spiro atoms. The Morgan fingerprint density at radius 1 is 1.41 bits per heavy atom. The second kappa shape index (κ2) is 5.28. The summed E-state index contributed by atoms with van der Waals surface area (Å²) >= 11 is 0. The highest BCUT2D eigenvalue weighted by atomic mass is 15.0. The van der Waals surface area contributed by atoms with Gasteiger partial charge in [0.05, 0.1) is 23.7 Å². The lowest BCUT2D eigenvalue weighted by Crippen LogP contribution is -2.02. The van der Waals surface area contributed by atoms with Gasteiger partial charge in [0.15, 0.2) is 0 Å². The van der Waals surface area contributed by atoms with E-state index in [2.05, 4.69) is 11.1 Å². The SMILES string of the molecule is N#Cc1cccc(Cn2cnc(CCN)c2)c1. The van der Waals surface area contributed by atoms with Crippen molar-refractivity contribution in [3.8, 4) is 6.07 Å². The third-order valence-corrected chi connectivity index (χ3v) is 2.51. The lowest BCUT2D eigenvalue weighted by atomic mass is 10.1. The van der Waals surface area contributed by atoms with Crippen LogP contribution < -0.4 is 5.73 Å². The summed E-state index contributed by atoms with van der Waals surface area (Å²) in [7, 11) is 0. The van der Waals surface area contributed by atoms with Crippen LogP contribution >= 0.6 is 0 Å². The van der Waals surface area contributed by atoms with Crippen molar-refractivity contribution in [3.63, 3.8) is 0 Å². The molecule has 0 amide bonds. The van der Waals surface area contributed by atoms with Crippen LogP contribution in [-0.2, 0) is 13.0 Å². The molecule has 0 saturated heterocycles. The molecular weight excluding hydrogens is 212 g/mol. The van der Waals surface area contributed by atoms with Crippen molar-refractivity contribution in [2.24, 2.45) is 5.73 Å². The predicted octanol–water partition coefficient (Wildman–Crippen LogP) is 1.30. The first-order valence-electron chi connectivity index (χ1n) is 5.51. The number of hydrogen-bond donors (Lipinski definition) is 1. The molecule has 86 valence electrons. The first kappa shape index (κ1) is 11.4. The number of aromatic nitrogens is 2. The molecule has 0 bridgehead atoms. The number of nitrogens with zero attached hydrogens (tertiary/aromatic N) is 3. The molecule has 0 aliphatic rings. The standard InChI is InChI=1S/C13H14N4/c14-5-4-13-9-17(10-16-13)8-12-3-1-2-11(6-12)7-15/h1-3,6,9-10H,4-5,8,14H2. The number of imidazole rings is 1. The summed E-state index contributed by atoms with van der Waals surface area (Å²) in [5.74, 6) is 0. The van der Waals surface area contributed by atoms with Gasteiger partial charge in [-0.15, -0.1) is 0 Å². The first-order chi connectivity index (χ1) is 8.31. The summed E-state index contributed by atoms with van der Waals surface area (Å²) in [4.78, 5) is 4.26. The molecule has 0 radical (unpaired) electrons. The molecule has 0 fully saturated rings. The summed E-state index contributed by atoms with van der Waals surface area (Å²) in [6.45, 7) is 1.34. The highest BCUT2D eigenvalue weighted by molar-refractivity contribution is 5.32. The van der Waals surface area contributed by atoms with Crippen molar-refractivity contribution in [1.82, 2.24) is 9.55 Å². The molecule has 0 aliphatic carbocycles. The van der Waals surface area contributed by atoms with Crippen LogP contribution in [0.25, 0.3) is 0 Å². The van der Waals surface area contributed by atoms with Crippen LogP contribution in [0.5, 0.6) is 0 Å². The Hall–Kier alpha value is -2.12. The van der Waals surface area contributed by atoms with E-state index in [9.17, 15) is 0 Å². The van der Waals surface area contributed by atoms with E-state index in [0.717, 1.165) is 24.2 Å². The maximum atomic E-state index is 8.82. The highest BCUT2D eigenvalue weighted by Crippen LogP contribution is 2.07. The van der Waals surface area contributed by atoms with E-state index in [-0.39, 0.29) is 0 Å². The molecule has 17 heavy (non-hydrogen) atoms. The average Bonchev–Trinajstić information content (AvgIpc) is 2.77. The number of nitrogens with two attached hydrogens (primary N) is 1. The number of nitriles is 1. The summed E-state index contributed by atoms with van der Waals surface area (Å²) in [5, 5.41) is 8.82. The van der Waals surface area contributed by atoms with Crippen LogP contribution in [0, 0.1) is 11.3 Å². The molecule has 1 aromatic carbocycles. The molecule has 2 N–H and O–H groups in total. The lowest BCUT2D eigenvalue weighted by molar-refractivity contribution is 0.795. The van der Waals surface area contributed by atoms with Crippen LogP contribution in [0.2, 0.25) is 0 Å². The molecule has 0 atom stereocenters. The molecule has 0 aliphatic heterocycles. The zero-order chi connectivity index (χ0) is 12.1. The third kappa shape index (κ3) is 2.92. The topological polar surface area (TPSA) is 67.6 Å². The van der Waals surface area contributed by atoms with E-state index in [0.29, 0.717) is 12.1 Å². The lowest BCUT2D eigenvalue weighted by Gasteiger charge is -2.02. The summed E-state index contributed by atoms with van der Waals surface area (Å²) in [6, 6.07) is 9.73. The Kier molecular flexibility index (Phi) is 3.53. The molecule has 2 rings (SSSR count). The quantitative estimate of drug-likeness (QED) is 0.854. The van der Waals surface area contributed by atoms with Crippen LogP contribution in [0.1, 0.15) is 16.8 Å². The van der Waals surface area contributed by atoms with Crippen LogP contribution in [0.3, 0.4) is 0 Å². The van der Waals surface area contributed by atoms with Gasteiger partial charge >= 0.3 is 0 Å². The Morgan fingerprint density at radius 2 is 2.29 bits per heavy atom. The van der Waals surface area contributed by atoms with Crippen LogP contribution in [0.15, 0.2) is 36.8 Å². The molecule has 2 aromatic rings. The number of rotatable bonds is 4. The van der Waals surface area contributed by atoms with Crippen LogP contribution in [-0.4, -0.2) is 16.1 Å². The minimum atomic E-state index is 0.612. The van der Waals surface area contributed by atoms with Gasteiger partial charge in [-0.25, -0.2) is 4.98 Å². The van der Waals surface area contributed by atoms with E-state index >= 15 is 0 Å². The van der Waals surface area contributed by atoms with Crippen molar-refractivity contribution >= 4 is 0 Å². The van der Waals surface area contributed by atoms with Gasteiger partial charge in [0.2, 0.25) is 0 Å². The van der Waals surface area contributed by atoms with Gasteiger partial charge in [-0.1, -0.05) is 12.1 Å². The largest absolute Gasteiger partial charge is 0.333 e. The minimum Gasteiger partial charge on any atom is -0.333 e. The fourth-order valence-corrected chi connectivity index (χ4v) is 1.72. The zero-order valence-corrected chi connectivity index (χ0v) is 9.50. The van der Waals surface area contributed by atoms with Crippen LogP contribution in [0.4, 0.5) is 0 Å². The monoisotopic (exact) mass is 226 g/mol. The first-order valence-corrected chi connectivity index (χ1v) is 5.51. The van der Waals surface area contributed by atoms with E-state index < -0.39 is 0 Å². The van der Waals surface area contributed by atoms with E-state index in [4.69, 9.17) is 11.0 Å². The Bertz CT molecular complexity index is 536. The van der Waals surface area contributed by atoms with E-state index in [1.807, 2.05) is 29.0 Å². The van der Waals surface area contributed by atoms with Gasteiger partial charge in [-0.2, -0.15) is 5.26 Å². The molecule has 0 saturated carbocycles. The van der Waals surface area contributed by atoms with Gasteiger partial charge in [-0.3, -0.25) is 0 Å². The van der Waals surface area contributed by atoms with Gasteiger partial charge in [0.1, 0.15) is 0 Å². The summed E-state index contributed by atoms with van der Waals surface area (Å²) in [5.41, 5.74) is 8.26. The molecule has 1 heterocycles. The maximum Gasteiger partial charge on any atom is 0.0991 e. The van der Waals surface area contributed by atoms with Gasteiger partial charge < -0.3 is 10.3 Å². The van der Waals surface area contributed by atoms with E-state index in [1.165, 1.54) is 0 Å². The van der Waals surface area contributed by atoms with Gasteiger partial charge in [0.25, 0.3) is 0 Å². The number of hydrogen-bond acceptors (Lipinski definition) is 3. The van der Waals surface area contributed by atoms with Crippen molar-refractivity contribution in [2.45, 2.75) is 13.0 Å². The van der Waals surface area contributed by atoms with E-state index in [1.54, 1.807) is 12.4 Å². The summed E-state index contributed by atoms with van der Waals surface area (Å²) < 4.78 is 2.00. The summed E-state index contributed by atoms with van der Waals surface area (Å²) in [6.07, 6.45) is 4.58. The fourth-order valence-electron chi connectivity index (χ4n) is 1.72. The fraction of sp³-hybridized carbons (Fsp3) is 0.231. The van der Waals surface area contributed by atoms with Crippen molar-refractivity contribution in [3.05, 3.63) is 53.6 Å². The smallest absolute Gasteiger partial charge is 0.0991 e. The minimum absolute atomic E-state index is 0.612. The second-order valence-corrected chi connectivity index (χ2v) is 3.89. The molecule has 4 heteroatoms. The Labute approximate surface area is 100 Å². The molecule has 1 aromatic heterocycles. The van der Waals surface area contributed by atoms with Crippen molar-refractivity contribution in [2.75, 3.05) is 6.54 Å². The van der Waals surface area contributed by atoms with Gasteiger partial charge in [-0.05, 0) is 24.2 Å². The third-order valence-electron chi connectivity index (χ3n) is 2.51. The molecule has 4 nitrogen and oxygen atoms in total. The maximum absolute atomic E-state index is 8.82. The molecule has 0 unspecified atom stereocenters. The van der Waals surface area contributed by atoms with Crippen molar-refractivity contribution in [1.29, 1.82) is 5.26 Å². The second-order valence-electron chi connectivity index (χ2n) is 3.89. The highest BCUT2D eigenvalue weighted by Gasteiger charge is 2.00. The molecular formula is C13H14N4. The van der Waals surface area contributed by atoms with Gasteiger partial charge in [0, 0.05) is 19.2 Å².